The summed E-state index contributed by atoms with van der Waals surface area (Å²) in [7, 11) is 1.24. The summed E-state index contributed by atoms with van der Waals surface area (Å²) in [5.74, 6) is -2.20. The Balaban J connectivity index is 1.98. The molecule has 1 aromatic carbocycles. The first kappa shape index (κ1) is 21.8. The number of aromatic nitrogens is 3. The Hall–Kier alpha value is -2.88. The summed E-state index contributed by atoms with van der Waals surface area (Å²) in [5.41, 5.74) is 1.53. The number of carbonyl (C=O) groups excluding carboxylic acids is 2. The maximum Gasteiger partial charge on any atom is 0.451 e. The Bertz CT molecular complexity index is 1140. The Labute approximate surface area is 174 Å². The van der Waals surface area contributed by atoms with E-state index < -0.39 is 23.2 Å². The topological polar surface area (TPSA) is 84.9 Å². The van der Waals surface area contributed by atoms with Gasteiger partial charge in [0.25, 0.3) is 0 Å². The molecule has 0 unspecified atom stereocenters. The number of esters is 1. The summed E-state index contributed by atoms with van der Waals surface area (Å²) in [4.78, 5) is 35.1. The molecule has 1 atom stereocenters. The molecule has 0 aliphatic carbocycles. The van der Waals surface area contributed by atoms with Crippen molar-refractivity contribution in [2.45, 2.75) is 37.2 Å². The van der Waals surface area contributed by atoms with Gasteiger partial charge >= 0.3 is 12.1 Å². The predicted octanol–water partition coefficient (Wildman–Crippen LogP) is 4.74. The zero-order chi connectivity index (χ0) is 22.2. The molecule has 0 amide bonds. The number of H-pyrrole nitrogens is 1. The number of fused-ring (bicyclic) bond motifs is 1. The Morgan fingerprint density at radius 1 is 1.17 bits per heavy atom. The number of rotatable bonds is 5. The van der Waals surface area contributed by atoms with Gasteiger partial charge in [0.05, 0.1) is 29.1 Å². The van der Waals surface area contributed by atoms with E-state index in [1.54, 1.807) is 39.0 Å². The summed E-state index contributed by atoms with van der Waals surface area (Å²) in [5, 5.41) is -0.292. The third-order valence-corrected chi connectivity index (χ3v) is 5.65. The molecule has 10 heteroatoms. The average Bonchev–Trinajstić information content (AvgIpc) is 3.00. The van der Waals surface area contributed by atoms with Crippen molar-refractivity contribution in [3.8, 4) is 0 Å². The van der Waals surface area contributed by atoms with Crippen LogP contribution in [-0.2, 0) is 10.9 Å². The number of aromatic amines is 1. The third kappa shape index (κ3) is 4.04. The lowest BCUT2D eigenvalue weighted by Gasteiger charge is -2.13. The predicted molar refractivity (Wildman–Crippen MR) is 106 cm³/mol. The minimum absolute atomic E-state index is 0.0582. The fraction of sp³-hybridized carbons (Fsp3) is 0.300. The smallest absolute Gasteiger partial charge is 0.451 e. The number of carbonyl (C=O) groups is 2. The van der Waals surface area contributed by atoms with Gasteiger partial charge in [-0.2, -0.15) is 13.2 Å². The van der Waals surface area contributed by atoms with Crippen LogP contribution >= 0.6 is 11.8 Å². The number of nitrogens with one attached hydrogen (secondary N) is 1. The molecule has 2 heterocycles. The van der Waals surface area contributed by atoms with Gasteiger partial charge in [-0.3, -0.25) is 4.79 Å². The number of para-hydroxylation sites is 1. The lowest BCUT2D eigenvalue weighted by Crippen LogP contribution is -2.17. The number of thioether (sulfide) groups is 1. The quantitative estimate of drug-likeness (QED) is 0.269. The number of hydrogen-bond acceptors (Lipinski definition) is 6. The number of ketones is 1. The van der Waals surface area contributed by atoms with Crippen LogP contribution in [0.15, 0.2) is 29.3 Å². The highest BCUT2D eigenvalue weighted by molar-refractivity contribution is 8.00. The van der Waals surface area contributed by atoms with Gasteiger partial charge in [0.15, 0.2) is 5.78 Å². The molecule has 0 saturated carbocycles. The van der Waals surface area contributed by atoms with Crippen molar-refractivity contribution < 1.29 is 27.5 Å². The maximum atomic E-state index is 13.2. The van der Waals surface area contributed by atoms with Crippen molar-refractivity contribution in [1.29, 1.82) is 0 Å². The first-order valence-electron chi connectivity index (χ1n) is 8.87. The average molecular weight is 437 g/mol. The second kappa shape index (κ2) is 8.10. The van der Waals surface area contributed by atoms with Crippen LogP contribution in [0.2, 0.25) is 0 Å². The van der Waals surface area contributed by atoms with Gasteiger partial charge in [-0.25, -0.2) is 14.8 Å². The SMILES string of the molecule is COC(=O)c1c(C)[nH]c(C(=O)[C@@H](C)Sc2nc(C(F)(F)F)nc3ccccc23)c1C. The fourth-order valence-corrected chi connectivity index (χ4v) is 4.09. The first-order valence-corrected chi connectivity index (χ1v) is 9.74. The van der Waals surface area contributed by atoms with Crippen LogP contribution in [0.3, 0.4) is 0 Å². The molecular weight excluding hydrogens is 419 g/mol. The summed E-state index contributed by atoms with van der Waals surface area (Å²) >= 11 is 0.907. The molecule has 158 valence electrons. The summed E-state index contributed by atoms with van der Waals surface area (Å²) in [6.45, 7) is 4.83. The van der Waals surface area contributed by atoms with Crippen molar-refractivity contribution in [2.75, 3.05) is 7.11 Å². The van der Waals surface area contributed by atoms with Gasteiger partial charge in [0.1, 0.15) is 5.03 Å². The molecule has 30 heavy (non-hydrogen) atoms. The molecule has 2 aromatic heterocycles. The Kier molecular flexibility index (Phi) is 5.89. The van der Waals surface area contributed by atoms with Gasteiger partial charge in [-0.1, -0.05) is 30.0 Å². The van der Waals surface area contributed by atoms with Crippen LogP contribution < -0.4 is 0 Å². The minimum Gasteiger partial charge on any atom is -0.465 e. The zero-order valence-corrected chi connectivity index (χ0v) is 17.4. The molecule has 3 aromatic rings. The van der Waals surface area contributed by atoms with Crippen LogP contribution in [0.5, 0.6) is 0 Å². The van der Waals surface area contributed by atoms with Crippen LogP contribution in [0.25, 0.3) is 10.9 Å². The number of halogens is 3. The zero-order valence-electron chi connectivity index (χ0n) is 16.5. The number of ether oxygens (including phenoxy) is 1. The van der Waals surface area contributed by atoms with E-state index in [1.807, 2.05) is 0 Å². The number of aryl methyl sites for hydroxylation is 1. The number of Topliss-reactive ketones (excluding diaryl/α,β-unsaturated/α-hetero) is 1. The number of benzene rings is 1. The van der Waals surface area contributed by atoms with E-state index in [9.17, 15) is 22.8 Å². The molecule has 0 fully saturated rings. The Morgan fingerprint density at radius 3 is 2.47 bits per heavy atom. The van der Waals surface area contributed by atoms with Crippen molar-refractivity contribution in [1.82, 2.24) is 15.0 Å². The highest BCUT2D eigenvalue weighted by atomic mass is 32.2. The van der Waals surface area contributed by atoms with E-state index in [1.165, 1.54) is 13.2 Å². The number of hydrogen-bond donors (Lipinski definition) is 1. The molecule has 0 aliphatic heterocycles. The molecule has 1 N–H and O–H groups in total. The molecule has 0 radical (unpaired) electrons. The lowest BCUT2D eigenvalue weighted by molar-refractivity contribution is -0.145. The minimum atomic E-state index is -4.71. The van der Waals surface area contributed by atoms with E-state index in [0.717, 1.165) is 11.8 Å². The number of alkyl halides is 3. The second-order valence-electron chi connectivity index (χ2n) is 6.61. The highest BCUT2D eigenvalue weighted by Gasteiger charge is 2.36. The monoisotopic (exact) mass is 437 g/mol. The van der Waals surface area contributed by atoms with Crippen LogP contribution in [0.4, 0.5) is 13.2 Å². The maximum absolute atomic E-state index is 13.2. The molecule has 0 saturated heterocycles. The third-order valence-electron chi connectivity index (χ3n) is 4.55. The van der Waals surface area contributed by atoms with Crippen molar-refractivity contribution >= 4 is 34.4 Å². The van der Waals surface area contributed by atoms with Crippen molar-refractivity contribution in [2.24, 2.45) is 0 Å². The standard InChI is InChI=1S/C20H18F3N3O3S/c1-9-14(18(28)29-4)10(2)24-15(9)16(27)11(3)30-17-12-7-5-6-8-13(12)25-19(26-17)20(21,22)23/h5-8,11,24H,1-4H3/t11-/m1/s1. The molecule has 0 bridgehead atoms. The van der Waals surface area contributed by atoms with E-state index in [0.29, 0.717) is 16.6 Å². The number of nitrogens with zero attached hydrogens (tertiary/aromatic N) is 2. The van der Waals surface area contributed by atoms with Gasteiger partial charge in [-0.05, 0) is 32.4 Å². The van der Waals surface area contributed by atoms with E-state index in [4.69, 9.17) is 4.74 Å². The lowest BCUT2D eigenvalue weighted by atomic mass is 10.1. The van der Waals surface area contributed by atoms with Gasteiger partial charge in [0, 0.05) is 11.1 Å². The van der Waals surface area contributed by atoms with Gasteiger partial charge in [0.2, 0.25) is 5.82 Å². The van der Waals surface area contributed by atoms with E-state index >= 15 is 0 Å². The van der Waals surface area contributed by atoms with Crippen LogP contribution in [0, 0.1) is 13.8 Å². The van der Waals surface area contributed by atoms with Gasteiger partial charge in [-0.15, -0.1) is 0 Å². The highest BCUT2D eigenvalue weighted by Crippen LogP contribution is 2.34. The van der Waals surface area contributed by atoms with Gasteiger partial charge < -0.3 is 9.72 Å². The van der Waals surface area contributed by atoms with E-state index in [-0.39, 0.29) is 27.6 Å². The van der Waals surface area contributed by atoms with E-state index in [2.05, 4.69) is 15.0 Å². The Morgan fingerprint density at radius 2 is 1.83 bits per heavy atom. The number of methoxy groups -OCH3 is 1. The molecular formula is C20H18F3N3O3S. The second-order valence-corrected chi connectivity index (χ2v) is 7.94. The normalized spacial score (nSPS) is 12.8. The van der Waals surface area contributed by atoms with Crippen LogP contribution in [0.1, 0.15) is 44.9 Å². The summed E-state index contributed by atoms with van der Waals surface area (Å²) in [6, 6.07) is 6.31. The molecule has 0 aliphatic rings. The molecule has 0 spiro atoms. The largest absolute Gasteiger partial charge is 0.465 e. The van der Waals surface area contributed by atoms with Crippen molar-refractivity contribution in [3.05, 3.63) is 52.6 Å². The fourth-order valence-electron chi connectivity index (χ4n) is 3.09. The molecule has 3 rings (SSSR count). The molecule has 6 nitrogen and oxygen atoms in total. The summed E-state index contributed by atoms with van der Waals surface area (Å²) < 4.78 is 44.4. The summed E-state index contributed by atoms with van der Waals surface area (Å²) in [6.07, 6.45) is -4.71. The van der Waals surface area contributed by atoms with Crippen molar-refractivity contribution in [3.63, 3.8) is 0 Å². The first-order chi connectivity index (χ1) is 14.0. The van der Waals surface area contributed by atoms with Crippen LogP contribution in [-0.4, -0.2) is 39.1 Å².